The molecule has 2 aromatic rings. The predicted octanol–water partition coefficient (Wildman–Crippen LogP) is 3.59. The van der Waals surface area contributed by atoms with Gasteiger partial charge in [-0.05, 0) is 44.2 Å². The fourth-order valence-electron chi connectivity index (χ4n) is 5.33. The monoisotopic (exact) mass is 607 g/mol. The Kier molecular flexibility index (Phi) is 11.0. The van der Waals surface area contributed by atoms with Crippen LogP contribution in [0.2, 0.25) is 0 Å². The van der Waals surface area contributed by atoms with E-state index in [2.05, 4.69) is 16.8 Å². The van der Waals surface area contributed by atoms with Crippen LogP contribution in [-0.4, -0.2) is 100 Å². The second-order valence-electron chi connectivity index (χ2n) is 10.5. The average Bonchev–Trinajstić information content (AvgIpc) is 3.04. The molecule has 0 unspecified atom stereocenters. The van der Waals surface area contributed by atoms with Gasteiger partial charge in [-0.1, -0.05) is 24.3 Å². The number of nitrogens with zero attached hydrogens (tertiary/aromatic N) is 3. The topological polar surface area (TPSA) is 107 Å². The van der Waals surface area contributed by atoms with Gasteiger partial charge in [0.25, 0.3) is 5.91 Å². The molecule has 4 rings (SSSR count). The number of hydrogen-bond donors (Lipinski definition) is 0. The molecule has 0 radical (unpaired) electrons. The van der Waals surface area contributed by atoms with Crippen LogP contribution in [0.3, 0.4) is 0 Å². The maximum absolute atomic E-state index is 13.9. The van der Waals surface area contributed by atoms with Crippen LogP contribution in [-0.2, 0) is 25.6 Å². The highest BCUT2D eigenvalue weighted by Crippen LogP contribution is 2.41. The summed E-state index contributed by atoms with van der Waals surface area (Å²) < 4.78 is 27.0. The molecular weight excluding hydrogens is 566 g/mol. The van der Waals surface area contributed by atoms with Crippen LogP contribution in [0.25, 0.3) is 0 Å². The maximum Gasteiger partial charge on any atom is 0.336 e. The Hall–Kier alpha value is -4.35. The lowest BCUT2D eigenvalue weighted by Gasteiger charge is -2.32. The lowest BCUT2D eigenvalue weighted by Crippen LogP contribution is -2.43. The number of methoxy groups -OCH3 is 3. The van der Waals surface area contributed by atoms with E-state index >= 15 is 0 Å². The Bertz CT molecular complexity index is 1350. The zero-order valence-electron chi connectivity index (χ0n) is 26.3. The third-order valence-electron chi connectivity index (χ3n) is 7.66. The van der Waals surface area contributed by atoms with Crippen molar-refractivity contribution >= 4 is 17.8 Å². The SMILES string of the molecule is CCOC(=O)C1=CN(C(=O)c2cc(OC)c(OC)c(OC)c2)C=C(C(=O)OCC)C1c1ccc(CN2CCN(C)CC2)cc1. The van der Waals surface area contributed by atoms with Crippen LogP contribution in [0.15, 0.2) is 59.9 Å². The van der Waals surface area contributed by atoms with Gasteiger partial charge in [0.15, 0.2) is 11.5 Å². The number of carbonyl (C=O) groups excluding carboxylic acids is 3. The number of carbonyl (C=O) groups is 3. The first-order valence-electron chi connectivity index (χ1n) is 14.6. The van der Waals surface area contributed by atoms with Crippen molar-refractivity contribution in [2.24, 2.45) is 0 Å². The van der Waals surface area contributed by atoms with Gasteiger partial charge < -0.3 is 28.6 Å². The Labute approximate surface area is 258 Å². The fraction of sp³-hybridized carbons (Fsp3) is 0.424. The summed E-state index contributed by atoms with van der Waals surface area (Å²) in [5.41, 5.74) is 2.27. The number of hydrogen-bond acceptors (Lipinski definition) is 10. The highest BCUT2D eigenvalue weighted by atomic mass is 16.5. The first-order chi connectivity index (χ1) is 21.2. The van der Waals surface area contributed by atoms with Gasteiger partial charge in [-0.2, -0.15) is 0 Å². The van der Waals surface area contributed by atoms with E-state index in [0.29, 0.717) is 11.3 Å². The predicted molar refractivity (Wildman–Crippen MR) is 164 cm³/mol. The minimum absolute atomic E-state index is 0.117. The molecule has 0 N–H and O–H groups in total. The van der Waals surface area contributed by atoms with Gasteiger partial charge in [0.05, 0.1) is 51.6 Å². The van der Waals surface area contributed by atoms with Crippen molar-refractivity contribution in [3.8, 4) is 17.2 Å². The quantitative estimate of drug-likeness (QED) is 0.352. The summed E-state index contributed by atoms with van der Waals surface area (Å²) in [6, 6.07) is 10.8. The molecular formula is C33H41N3O8. The number of rotatable bonds is 11. The molecule has 2 heterocycles. The summed E-state index contributed by atoms with van der Waals surface area (Å²) in [7, 11) is 6.49. The van der Waals surface area contributed by atoms with E-state index in [-0.39, 0.29) is 41.4 Å². The molecule has 0 spiro atoms. The number of likely N-dealkylation sites (N-methyl/N-ethyl adjacent to an activating group) is 1. The van der Waals surface area contributed by atoms with Crippen LogP contribution in [0.5, 0.6) is 17.2 Å². The van der Waals surface area contributed by atoms with E-state index in [4.69, 9.17) is 23.7 Å². The Balaban J connectivity index is 1.74. The molecule has 0 aromatic heterocycles. The number of amides is 1. The van der Waals surface area contributed by atoms with Crippen molar-refractivity contribution in [2.75, 3.05) is 67.8 Å². The second kappa shape index (κ2) is 14.9. The maximum atomic E-state index is 13.9. The first-order valence-corrected chi connectivity index (χ1v) is 14.6. The van der Waals surface area contributed by atoms with E-state index in [9.17, 15) is 14.4 Å². The lowest BCUT2D eigenvalue weighted by atomic mass is 9.83. The van der Waals surface area contributed by atoms with Crippen molar-refractivity contribution in [3.63, 3.8) is 0 Å². The van der Waals surface area contributed by atoms with Crippen LogP contribution < -0.4 is 14.2 Å². The normalized spacial score (nSPS) is 16.1. The molecule has 0 saturated carbocycles. The Morgan fingerprint density at radius 3 is 1.75 bits per heavy atom. The minimum Gasteiger partial charge on any atom is -0.493 e. The summed E-state index contributed by atoms with van der Waals surface area (Å²) in [6.45, 7) is 8.45. The summed E-state index contributed by atoms with van der Waals surface area (Å²) in [5.74, 6) is -1.74. The van der Waals surface area contributed by atoms with Crippen molar-refractivity contribution < 1.29 is 38.1 Å². The standard InChI is InChI=1S/C33H41N3O8/c1-7-43-32(38)25-20-36(31(37)24-17-27(40-4)30(42-6)28(18-24)41-5)21-26(33(39)44-8-2)29(25)23-11-9-22(10-12-23)19-35-15-13-34(3)14-16-35/h9-12,17-18,20-21,29H,7-8,13-16,19H2,1-6H3. The van der Waals surface area contributed by atoms with E-state index < -0.39 is 23.8 Å². The van der Waals surface area contributed by atoms with Gasteiger partial charge in [0.2, 0.25) is 5.75 Å². The molecule has 44 heavy (non-hydrogen) atoms. The second-order valence-corrected chi connectivity index (χ2v) is 10.5. The highest BCUT2D eigenvalue weighted by Gasteiger charge is 2.37. The molecule has 236 valence electrons. The first kappa shape index (κ1) is 32.6. The van der Waals surface area contributed by atoms with Crippen molar-refractivity contribution in [2.45, 2.75) is 26.3 Å². The van der Waals surface area contributed by atoms with E-state index in [1.807, 2.05) is 24.3 Å². The van der Waals surface area contributed by atoms with E-state index in [1.54, 1.807) is 13.8 Å². The third kappa shape index (κ3) is 7.23. The average molecular weight is 608 g/mol. The molecule has 2 aliphatic heterocycles. The lowest BCUT2D eigenvalue weighted by molar-refractivity contribution is -0.139. The molecule has 11 heteroatoms. The van der Waals surface area contributed by atoms with Crippen LogP contribution in [0.4, 0.5) is 0 Å². The van der Waals surface area contributed by atoms with Crippen molar-refractivity contribution in [1.29, 1.82) is 0 Å². The molecule has 1 saturated heterocycles. The molecule has 0 aliphatic carbocycles. The number of piperazine rings is 1. The van der Waals surface area contributed by atoms with Gasteiger partial charge >= 0.3 is 11.9 Å². The minimum atomic E-state index is -0.810. The number of benzene rings is 2. The summed E-state index contributed by atoms with van der Waals surface area (Å²) in [5, 5.41) is 0. The third-order valence-corrected chi connectivity index (χ3v) is 7.66. The van der Waals surface area contributed by atoms with Crippen LogP contribution in [0, 0.1) is 0 Å². The van der Waals surface area contributed by atoms with E-state index in [1.165, 1.54) is 50.8 Å². The molecule has 2 aromatic carbocycles. The van der Waals surface area contributed by atoms with Gasteiger partial charge in [-0.25, -0.2) is 9.59 Å². The van der Waals surface area contributed by atoms with Crippen molar-refractivity contribution in [1.82, 2.24) is 14.7 Å². The molecule has 1 fully saturated rings. The van der Waals surface area contributed by atoms with Crippen LogP contribution in [0.1, 0.15) is 41.3 Å². The van der Waals surface area contributed by atoms with E-state index in [0.717, 1.165) is 38.3 Å². The molecule has 2 aliphatic rings. The van der Waals surface area contributed by atoms with Gasteiger partial charge in [0.1, 0.15) is 0 Å². The summed E-state index contributed by atoms with van der Waals surface area (Å²) in [4.78, 5) is 46.5. The number of ether oxygens (including phenoxy) is 5. The molecule has 0 bridgehead atoms. The molecule has 0 atom stereocenters. The fourth-order valence-corrected chi connectivity index (χ4v) is 5.33. The van der Waals surface area contributed by atoms with Gasteiger partial charge in [-0.3, -0.25) is 14.6 Å². The van der Waals surface area contributed by atoms with Crippen LogP contribution >= 0.6 is 0 Å². The summed E-state index contributed by atoms with van der Waals surface area (Å²) in [6.07, 6.45) is 2.82. The van der Waals surface area contributed by atoms with Gasteiger partial charge in [0, 0.05) is 50.7 Å². The highest BCUT2D eigenvalue weighted by molar-refractivity contribution is 6.03. The zero-order valence-corrected chi connectivity index (χ0v) is 26.3. The number of esters is 2. The zero-order chi connectivity index (χ0) is 31.8. The molecule has 11 nitrogen and oxygen atoms in total. The van der Waals surface area contributed by atoms with Gasteiger partial charge in [-0.15, -0.1) is 0 Å². The summed E-state index contributed by atoms with van der Waals surface area (Å²) >= 11 is 0. The Morgan fingerprint density at radius 1 is 0.773 bits per heavy atom. The van der Waals surface area contributed by atoms with Crippen molar-refractivity contribution in [3.05, 3.63) is 76.6 Å². The smallest absolute Gasteiger partial charge is 0.336 e. The largest absolute Gasteiger partial charge is 0.493 e. The Morgan fingerprint density at radius 2 is 1.30 bits per heavy atom. The molecule has 1 amide bonds.